The Bertz CT molecular complexity index is 1140. The van der Waals surface area contributed by atoms with Crippen LogP contribution >= 0.6 is 11.6 Å². The molecule has 0 radical (unpaired) electrons. The molecular weight excluding hydrogens is 404 g/mol. The van der Waals surface area contributed by atoms with Gasteiger partial charge in [0.25, 0.3) is 5.91 Å². The molecule has 30 heavy (non-hydrogen) atoms. The van der Waals surface area contributed by atoms with Gasteiger partial charge in [-0.1, -0.05) is 23.7 Å². The highest BCUT2D eigenvalue weighted by Gasteiger charge is 2.29. The van der Waals surface area contributed by atoms with Gasteiger partial charge in [0.05, 0.1) is 24.3 Å². The van der Waals surface area contributed by atoms with Crippen LogP contribution in [0.15, 0.2) is 42.5 Å². The number of aryl methyl sites for hydroxylation is 1. The SMILES string of the molecule is CCOC(=O)c1ccc2c(c1)OC(C)CC2NC(=O)c1cc2ccc(Cl)cc2n1C. The van der Waals surface area contributed by atoms with Gasteiger partial charge in [0.15, 0.2) is 0 Å². The lowest BCUT2D eigenvalue weighted by molar-refractivity contribution is 0.0524. The van der Waals surface area contributed by atoms with E-state index < -0.39 is 5.97 Å². The highest BCUT2D eigenvalue weighted by molar-refractivity contribution is 6.31. The second-order valence-electron chi connectivity index (χ2n) is 7.46. The average Bonchev–Trinajstić information content (AvgIpc) is 3.03. The van der Waals surface area contributed by atoms with Crippen molar-refractivity contribution in [1.29, 1.82) is 0 Å². The van der Waals surface area contributed by atoms with E-state index in [4.69, 9.17) is 21.1 Å². The van der Waals surface area contributed by atoms with Crippen molar-refractivity contribution in [2.24, 2.45) is 7.05 Å². The minimum absolute atomic E-state index is 0.105. The van der Waals surface area contributed by atoms with Crippen molar-refractivity contribution in [1.82, 2.24) is 9.88 Å². The fourth-order valence-corrected chi connectivity index (χ4v) is 4.05. The van der Waals surface area contributed by atoms with Crippen LogP contribution in [0.1, 0.15) is 52.7 Å². The number of rotatable bonds is 4. The van der Waals surface area contributed by atoms with Gasteiger partial charge in [-0.2, -0.15) is 0 Å². The summed E-state index contributed by atoms with van der Waals surface area (Å²) in [6.45, 7) is 4.02. The Balaban J connectivity index is 1.62. The third-order valence-corrected chi connectivity index (χ3v) is 5.58. The lowest BCUT2D eigenvalue weighted by Crippen LogP contribution is -2.36. The zero-order chi connectivity index (χ0) is 21.4. The van der Waals surface area contributed by atoms with E-state index in [0.717, 1.165) is 16.5 Å². The van der Waals surface area contributed by atoms with Crippen LogP contribution in [0.2, 0.25) is 5.02 Å². The number of carbonyl (C=O) groups is 2. The van der Waals surface area contributed by atoms with E-state index in [1.54, 1.807) is 19.1 Å². The van der Waals surface area contributed by atoms with Crippen LogP contribution in [0.4, 0.5) is 0 Å². The average molecular weight is 427 g/mol. The molecule has 2 atom stereocenters. The van der Waals surface area contributed by atoms with Crippen molar-refractivity contribution in [3.05, 3.63) is 64.3 Å². The normalized spacial score (nSPS) is 17.9. The third kappa shape index (κ3) is 3.75. The molecule has 1 aliphatic rings. The van der Waals surface area contributed by atoms with E-state index in [1.165, 1.54) is 0 Å². The predicted octanol–water partition coefficient (Wildman–Crippen LogP) is 4.65. The molecule has 0 saturated heterocycles. The Hall–Kier alpha value is -2.99. The number of nitrogens with zero attached hydrogens (tertiary/aromatic N) is 1. The van der Waals surface area contributed by atoms with Crippen LogP contribution in [0.5, 0.6) is 5.75 Å². The number of aromatic nitrogens is 1. The summed E-state index contributed by atoms with van der Waals surface area (Å²) in [5.41, 5.74) is 2.72. The summed E-state index contributed by atoms with van der Waals surface area (Å²) in [4.78, 5) is 25.1. The van der Waals surface area contributed by atoms with Gasteiger partial charge in [-0.15, -0.1) is 0 Å². The maximum Gasteiger partial charge on any atom is 0.338 e. The van der Waals surface area contributed by atoms with Gasteiger partial charge in [-0.05, 0) is 44.2 Å². The molecule has 156 valence electrons. The Kier molecular flexibility index (Phi) is 5.43. The van der Waals surface area contributed by atoms with Gasteiger partial charge in [0.2, 0.25) is 0 Å². The minimum Gasteiger partial charge on any atom is -0.490 e. The lowest BCUT2D eigenvalue weighted by Gasteiger charge is -2.31. The summed E-state index contributed by atoms with van der Waals surface area (Å²) in [7, 11) is 1.85. The number of amides is 1. The Morgan fingerprint density at radius 1 is 1.23 bits per heavy atom. The monoisotopic (exact) mass is 426 g/mol. The molecule has 6 nitrogen and oxygen atoms in total. The fourth-order valence-electron chi connectivity index (χ4n) is 3.88. The van der Waals surface area contributed by atoms with Gasteiger partial charge in [0, 0.05) is 35.0 Å². The summed E-state index contributed by atoms with van der Waals surface area (Å²) in [6, 6.07) is 12.4. The number of esters is 1. The molecule has 1 N–H and O–H groups in total. The topological polar surface area (TPSA) is 69.6 Å². The largest absolute Gasteiger partial charge is 0.490 e. The third-order valence-electron chi connectivity index (χ3n) is 5.34. The van der Waals surface area contributed by atoms with Crippen molar-refractivity contribution in [2.45, 2.75) is 32.4 Å². The van der Waals surface area contributed by atoms with Crippen LogP contribution in [0.3, 0.4) is 0 Å². The van der Waals surface area contributed by atoms with E-state index in [9.17, 15) is 9.59 Å². The molecule has 3 aromatic rings. The number of hydrogen-bond acceptors (Lipinski definition) is 4. The first-order valence-corrected chi connectivity index (χ1v) is 10.3. The predicted molar refractivity (Wildman–Crippen MR) is 115 cm³/mol. The number of ether oxygens (including phenoxy) is 2. The van der Waals surface area contributed by atoms with Crippen molar-refractivity contribution >= 4 is 34.4 Å². The number of halogens is 1. The standard InChI is InChI=1S/C23H23ClN2O4/c1-4-29-23(28)15-6-8-17-18(9-13(2)30-21(17)11-15)25-22(27)20-10-14-5-7-16(24)12-19(14)26(20)3/h5-8,10-13,18H,4,9H2,1-3H3,(H,25,27). The molecule has 2 heterocycles. The summed E-state index contributed by atoms with van der Waals surface area (Å²) in [5.74, 6) is 0.0228. The zero-order valence-electron chi connectivity index (χ0n) is 17.1. The van der Waals surface area contributed by atoms with Gasteiger partial charge in [-0.3, -0.25) is 4.79 Å². The molecule has 1 aromatic heterocycles. The Morgan fingerprint density at radius 3 is 2.80 bits per heavy atom. The number of fused-ring (bicyclic) bond motifs is 2. The second kappa shape index (κ2) is 8.03. The molecule has 0 aliphatic carbocycles. The minimum atomic E-state index is -0.392. The molecule has 2 aromatic carbocycles. The first-order chi connectivity index (χ1) is 14.4. The molecule has 0 fully saturated rings. The van der Waals surface area contributed by atoms with Crippen LogP contribution in [-0.4, -0.2) is 29.2 Å². The quantitative estimate of drug-likeness (QED) is 0.616. The first kappa shape index (κ1) is 20.3. The van der Waals surface area contributed by atoms with Crippen molar-refractivity contribution in [3.63, 3.8) is 0 Å². The highest BCUT2D eigenvalue weighted by atomic mass is 35.5. The second-order valence-corrected chi connectivity index (χ2v) is 7.89. The van der Waals surface area contributed by atoms with Crippen LogP contribution < -0.4 is 10.1 Å². The van der Waals surface area contributed by atoms with Gasteiger partial charge in [-0.25, -0.2) is 4.79 Å². The summed E-state index contributed by atoms with van der Waals surface area (Å²) in [6.07, 6.45) is 0.527. The van der Waals surface area contributed by atoms with Gasteiger partial charge in [0.1, 0.15) is 11.4 Å². The number of hydrogen-bond donors (Lipinski definition) is 1. The van der Waals surface area contributed by atoms with Crippen molar-refractivity contribution in [2.75, 3.05) is 6.61 Å². The van der Waals surface area contributed by atoms with E-state index in [-0.39, 0.29) is 18.1 Å². The molecule has 2 unspecified atom stereocenters. The Labute approximate surface area is 179 Å². The smallest absolute Gasteiger partial charge is 0.338 e. The van der Waals surface area contributed by atoms with Gasteiger partial charge < -0.3 is 19.4 Å². The highest BCUT2D eigenvalue weighted by Crippen LogP contribution is 2.36. The summed E-state index contributed by atoms with van der Waals surface area (Å²) in [5, 5.41) is 4.70. The zero-order valence-corrected chi connectivity index (χ0v) is 17.8. The van der Waals surface area contributed by atoms with E-state index in [1.807, 2.05) is 48.9 Å². The lowest BCUT2D eigenvalue weighted by atomic mass is 9.95. The molecule has 0 saturated carbocycles. The van der Waals surface area contributed by atoms with Crippen molar-refractivity contribution < 1.29 is 19.1 Å². The molecule has 0 bridgehead atoms. The molecule has 1 aliphatic heterocycles. The molecular formula is C23H23ClN2O4. The maximum atomic E-state index is 13.1. The van der Waals surface area contributed by atoms with Crippen LogP contribution in [0, 0.1) is 0 Å². The molecule has 4 rings (SSSR count). The maximum absolute atomic E-state index is 13.1. The molecule has 1 amide bonds. The summed E-state index contributed by atoms with van der Waals surface area (Å²) >= 11 is 6.10. The van der Waals surface area contributed by atoms with Crippen molar-refractivity contribution in [3.8, 4) is 5.75 Å². The van der Waals surface area contributed by atoms with E-state index in [2.05, 4.69) is 5.32 Å². The molecule has 0 spiro atoms. The Morgan fingerprint density at radius 2 is 2.03 bits per heavy atom. The number of nitrogens with one attached hydrogen (secondary N) is 1. The van der Waals surface area contributed by atoms with Crippen LogP contribution in [0.25, 0.3) is 10.9 Å². The molecule has 7 heteroatoms. The fraction of sp³-hybridized carbons (Fsp3) is 0.304. The van der Waals surface area contributed by atoms with E-state index >= 15 is 0 Å². The first-order valence-electron chi connectivity index (χ1n) is 9.91. The van der Waals surface area contributed by atoms with Crippen LogP contribution in [-0.2, 0) is 11.8 Å². The number of benzene rings is 2. The van der Waals surface area contributed by atoms with E-state index in [0.29, 0.717) is 35.1 Å². The van der Waals surface area contributed by atoms with Gasteiger partial charge >= 0.3 is 5.97 Å². The summed E-state index contributed by atoms with van der Waals surface area (Å²) < 4.78 is 12.8. The number of carbonyl (C=O) groups excluding carboxylic acids is 2.